The van der Waals surface area contributed by atoms with Crippen molar-refractivity contribution in [2.45, 2.75) is 45.1 Å². The van der Waals surface area contributed by atoms with E-state index in [0.717, 1.165) is 19.6 Å². The quantitative estimate of drug-likeness (QED) is 0.221. The number of hydrogen-bond donors (Lipinski definition) is 3. The Morgan fingerprint density at radius 1 is 1.41 bits per heavy atom. The highest BCUT2D eigenvalue weighted by Gasteiger charge is 2.21. The van der Waals surface area contributed by atoms with Crippen LogP contribution >= 0.6 is 0 Å². The van der Waals surface area contributed by atoms with Crippen molar-refractivity contribution in [3.63, 3.8) is 0 Å². The van der Waals surface area contributed by atoms with Crippen LogP contribution in [-0.4, -0.2) is 32.3 Å². The van der Waals surface area contributed by atoms with Crippen molar-refractivity contribution < 1.29 is 4.74 Å². The zero-order valence-corrected chi connectivity index (χ0v) is 11.0. The molecule has 0 spiro atoms. The van der Waals surface area contributed by atoms with Crippen LogP contribution in [0.4, 0.5) is 0 Å². The Bertz CT molecular complexity index is 233. The van der Waals surface area contributed by atoms with E-state index in [4.69, 9.17) is 10.6 Å². The molecule has 0 amide bonds. The molecular weight excluding hydrogens is 216 g/mol. The van der Waals surface area contributed by atoms with Crippen molar-refractivity contribution in [2.24, 2.45) is 16.8 Å². The molecule has 1 aliphatic carbocycles. The second-order valence-corrected chi connectivity index (χ2v) is 4.73. The fourth-order valence-corrected chi connectivity index (χ4v) is 2.24. The van der Waals surface area contributed by atoms with Crippen LogP contribution in [-0.2, 0) is 4.74 Å². The standard InChI is InChI=1S/C12H26N4O/c1-10-6-3-4-7-11(10)15-12(16-13)14-8-5-9-17-2/h10-11H,3-9,13H2,1-2H3,(H2,14,15,16). The maximum Gasteiger partial charge on any atom is 0.205 e. The summed E-state index contributed by atoms with van der Waals surface area (Å²) in [5.74, 6) is 6.88. The first kappa shape index (κ1) is 14.3. The molecule has 1 fully saturated rings. The summed E-state index contributed by atoms with van der Waals surface area (Å²) < 4.78 is 4.98. The summed E-state index contributed by atoms with van der Waals surface area (Å²) in [5, 5.41) is 3.41. The first-order valence-corrected chi connectivity index (χ1v) is 6.54. The number of ether oxygens (including phenoxy) is 1. The van der Waals surface area contributed by atoms with Crippen LogP contribution < -0.4 is 16.6 Å². The van der Waals surface area contributed by atoms with Gasteiger partial charge < -0.3 is 10.1 Å². The lowest BCUT2D eigenvalue weighted by Crippen LogP contribution is -2.49. The van der Waals surface area contributed by atoms with Crippen molar-refractivity contribution in [3.05, 3.63) is 0 Å². The molecule has 0 saturated heterocycles. The number of nitrogens with one attached hydrogen (secondary N) is 2. The molecule has 17 heavy (non-hydrogen) atoms. The van der Waals surface area contributed by atoms with Crippen LogP contribution in [0.25, 0.3) is 0 Å². The molecule has 0 aromatic heterocycles. The molecule has 0 aromatic carbocycles. The van der Waals surface area contributed by atoms with E-state index in [1.54, 1.807) is 7.11 Å². The average molecular weight is 242 g/mol. The molecule has 100 valence electrons. The molecule has 1 rings (SSSR count). The van der Waals surface area contributed by atoms with E-state index in [9.17, 15) is 0 Å². The van der Waals surface area contributed by atoms with Crippen LogP contribution in [0.5, 0.6) is 0 Å². The summed E-state index contributed by atoms with van der Waals surface area (Å²) >= 11 is 0. The number of hydrogen-bond acceptors (Lipinski definition) is 3. The van der Waals surface area contributed by atoms with Crippen molar-refractivity contribution in [3.8, 4) is 0 Å². The minimum Gasteiger partial charge on any atom is -0.385 e. The summed E-state index contributed by atoms with van der Waals surface area (Å²) in [5.41, 5.74) is 2.64. The van der Waals surface area contributed by atoms with Gasteiger partial charge in [-0.2, -0.15) is 0 Å². The fraction of sp³-hybridized carbons (Fsp3) is 0.917. The summed E-state index contributed by atoms with van der Waals surface area (Å²) in [7, 11) is 1.70. The van der Waals surface area contributed by atoms with Gasteiger partial charge in [0.2, 0.25) is 5.96 Å². The normalized spacial score (nSPS) is 25.7. The lowest BCUT2D eigenvalue weighted by molar-refractivity contribution is 0.197. The molecule has 5 nitrogen and oxygen atoms in total. The van der Waals surface area contributed by atoms with Gasteiger partial charge in [-0.1, -0.05) is 19.8 Å². The van der Waals surface area contributed by atoms with Crippen LogP contribution in [0.15, 0.2) is 4.99 Å². The van der Waals surface area contributed by atoms with E-state index in [1.165, 1.54) is 25.7 Å². The van der Waals surface area contributed by atoms with Crippen LogP contribution in [0, 0.1) is 5.92 Å². The van der Waals surface area contributed by atoms with E-state index >= 15 is 0 Å². The van der Waals surface area contributed by atoms with E-state index < -0.39 is 0 Å². The maximum absolute atomic E-state index is 5.48. The topological polar surface area (TPSA) is 71.7 Å². The van der Waals surface area contributed by atoms with Gasteiger partial charge in [-0.3, -0.25) is 10.4 Å². The van der Waals surface area contributed by atoms with E-state index in [2.05, 4.69) is 22.7 Å². The van der Waals surface area contributed by atoms with Gasteiger partial charge in [0.25, 0.3) is 0 Å². The zero-order valence-electron chi connectivity index (χ0n) is 11.0. The molecule has 0 bridgehead atoms. The predicted molar refractivity (Wildman–Crippen MR) is 70.7 cm³/mol. The van der Waals surface area contributed by atoms with Crippen molar-refractivity contribution in [2.75, 3.05) is 20.3 Å². The van der Waals surface area contributed by atoms with Gasteiger partial charge >= 0.3 is 0 Å². The second-order valence-electron chi connectivity index (χ2n) is 4.73. The highest BCUT2D eigenvalue weighted by atomic mass is 16.5. The van der Waals surface area contributed by atoms with E-state index in [-0.39, 0.29) is 0 Å². The Morgan fingerprint density at radius 3 is 2.82 bits per heavy atom. The molecule has 2 unspecified atom stereocenters. The molecule has 4 N–H and O–H groups in total. The van der Waals surface area contributed by atoms with Crippen molar-refractivity contribution in [1.82, 2.24) is 10.7 Å². The maximum atomic E-state index is 5.48. The lowest BCUT2D eigenvalue weighted by atomic mass is 9.86. The second kappa shape index (κ2) is 8.31. The number of hydrazine groups is 1. The number of nitrogens with zero attached hydrogens (tertiary/aromatic N) is 1. The van der Waals surface area contributed by atoms with E-state index in [0.29, 0.717) is 17.9 Å². The molecule has 2 atom stereocenters. The number of methoxy groups -OCH3 is 1. The summed E-state index contributed by atoms with van der Waals surface area (Å²) in [6, 6.07) is 0.501. The molecule has 5 heteroatoms. The number of rotatable bonds is 5. The van der Waals surface area contributed by atoms with Gasteiger partial charge in [-0.15, -0.1) is 0 Å². The van der Waals surface area contributed by atoms with Crippen LogP contribution in [0.1, 0.15) is 39.0 Å². The highest BCUT2D eigenvalue weighted by Crippen LogP contribution is 2.23. The van der Waals surface area contributed by atoms with Crippen molar-refractivity contribution >= 4 is 5.96 Å². The van der Waals surface area contributed by atoms with Gasteiger partial charge in [-0.25, -0.2) is 5.84 Å². The highest BCUT2D eigenvalue weighted by molar-refractivity contribution is 5.79. The molecule has 0 aromatic rings. The third-order valence-corrected chi connectivity index (χ3v) is 3.35. The molecule has 0 radical (unpaired) electrons. The van der Waals surface area contributed by atoms with Gasteiger partial charge in [0.05, 0.1) is 0 Å². The van der Waals surface area contributed by atoms with E-state index in [1.807, 2.05) is 0 Å². The van der Waals surface area contributed by atoms with Crippen LogP contribution in [0.3, 0.4) is 0 Å². The molecule has 1 aliphatic rings. The minimum atomic E-state index is 0.501. The summed E-state index contributed by atoms with van der Waals surface area (Å²) in [4.78, 5) is 4.40. The smallest absolute Gasteiger partial charge is 0.205 e. The number of guanidine groups is 1. The average Bonchev–Trinajstić information content (AvgIpc) is 2.35. The monoisotopic (exact) mass is 242 g/mol. The Kier molecular flexibility index (Phi) is 6.96. The number of aliphatic imine (C=N–C) groups is 1. The Labute approximate surface area is 104 Å². The summed E-state index contributed by atoms with van der Waals surface area (Å²) in [6.07, 6.45) is 6.06. The zero-order chi connectivity index (χ0) is 12.5. The van der Waals surface area contributed by atoms with Crippen LogP contribution in [0.2, 0.25) is 0 Å². The first-order chi connectivity index (χ1) is 8.27. The Morgan fingerprint density at radius 2 is 2.18 bits per heavy atom. The molecule has 0 aliphatic heterocycles. The third kappa shape index (κ3) is 5.37. The lowest BCUT2D eigenvalue weighted by Gasteiger charge is -2.30. The largest absolute Gasteiger partial charge is 0.385 e. The van der Waals surface area contributed by atoms with Gasteiger partial charge in [0, 0.05) is 26.3 Å². The molecule has 1 saturated carbocycles. The predicted octanol–water partition coefficient (Wildman–Crippen LogP) is 1.01. The third-order valence-electron chi connectivity index (χ3n) is 3.35. The first-order valence-electron chi connectivity index (χ1n) is 6.54. The summed E-state index contributed by atoms with van der Waals surface area (Å²) in [6.45, 7) is 3.76. The Hall–Kier alpha value is -0.810. The fourth-order valence-electron chi connectivity index (χ4n) is 2.24. The van der Waals surface area contributed by atoms with Gasteiger partial charge in [-0.05, 0) is 25.2 Å². The minimum absolute atomic E-state index is 0.501. The number of nitrogens with two attached hydrogens (primary N) is 1. The SMILES string of the molecule is COCCCN=C(NN)NC1CCCCC1C. The molecular formula is C12H26N4O. The molecule has 0 heterocycles. The van der Waals surface area contributed by atoms with Gasteiger partial charge in [0.15, 0.2) is 0 Å². The Balaban J connectivity index is 2.33. The van der Waals surface area contributed by atoms with Crippen molar-refractivity contribution in [1.29, 1.82) is 0 Å². The van der Waals surface area contributed by atoms with Gasteiger partial charge in [0.1, 0.15) is 0 Å².